The van der Waals surface area contributed by atoms with E-state index >= 15 is 0 Å². The third-order valence-electron chi connectivity index (χ3n) is 4.75. The third-order valence-corrected chi connectivity index (χ3v) is 5.67. The van der Waals surface area contributed by atoms with Gasteiger partial charge in [-0.3, -0.25) is 9.69 Å². The van der Waals surface area contributed by atoms with Crippen LogP contribution in [0.4, 0.5) is 13.2 Å². The molecular weight excluding hydrogens is 399 g/mol. The van der Waals surface area contributed by atoms with E-state index in [-0.39, 0.29) is 12.0 Å². The van der Waals surface area contributed by atoms with Crippen molar-refractivity contribution in [3.8, 4) is 0 Å². The molecule has 0 unspecified atom stereocenters. The van der Waals surface area contributed by atoms with Crippen LogP contribution in [0.1, 0.15) is 23.4 Å². The summed E-state index contributed by atoms with van der Waals surface area (Å²) in [5, 5.41) is 7.12. The number of hydrogen-bond donors (Lipinski definition) is 1. The number of aromatic nitrogens is 1. The molecule has 158 valence electrons. The van der Waals surface area contributed by atoms with Gasteiger partial charge in [-0.05, 0) is 13.3 Å². The van der Waals surface area contributed by atoms with Gasteiger partial charge in [-0.25, -0.2) is 9.78 Å². The summed E-state index contributed by atoms with van der Waals surface area (Å²) in [5.74, 6) is -2.01. The van der Waals surface area contributed by atoms with Gasteiger partial charge in [0.1, 0.15) is 0 Å². The van der Waals surface area contributed by atoms with Crippen LogP contribution in [-0.2, 0) is 20.9 Å². The van der Waals surface area contributed by atoms with E-state index in [1.807, 2.05) is 5.51 Å². The van der Waals surface area contributed by atoms with E-state index in [2.05, 4.69) is 16.8 Å². The van der Waals surface area contributed by atoms with Gasteiger partial charge >= 0.3 is 12.1 Å². The molecule has 0 aliphatic carbocycles. The lowest BCUT2D eigenvalue weighted by Gasteiger charge is -2.19. The molecule has 3 rings (SSSR count). The number of carbonyl (C=O) groups is 2. The van der Waals surface area contributed by atoms with E-state index < -0.39 is 12.1 Å². The average molecular weight is 423 g/mol. The Bertz CT molecular complexity index is 681. The Hall–Kier alpha value is -1.72. The van der Waals surface area contributed by atoms with Crippen molar-refractivity contribution in [3.63, 3.8) is 0 Å². The number of amides is 1. The maximum Gasteiger partial charge on any atom is 0.490 e. The normalized spacial score (nSPS) is 24.4. The number of hydrogen-bond acceptors (Lipinski definition) is 6. The Balaban J connectivity index is 0.000000345. The molecule has 0 spiro atoms. The maximum atomic E-state index is 11.8. The lowest BCUT2D eigenvalue weighted by Crippen LogP contribution is -2.29. The molecule has 1 N–H and O–H groups in total. The number of halogens is 3. The second kappa shape index (κ2) is 9.19. The molecule has 2 fully saturated rings. The van der Waals surface area contributed by atoms with Crippen LogP contribution in [-0.4, -0.2) is 77.3 Å². The van der Waals surface area contributed by atoms with Crippen LogP contribution in [0.3, 0.4) is 0 Å². The summed E-state index contributed by atoms with van der Waals surface area (Å²) in [6.45, 7) is 5.11. The fourth-order valence-electron chi connectivity index (χ4n) is 3.27. The first kappa shape index (κ1) is 22.6. The van der Waals surface area contributed by atoms with Crippen molar-refractivity contribution in [2.45, 2.75) is 44.7 Å². The molecule has 0 aromatic carbocycles. The number of alkyl halides is 3. The molecule has 1 aromatic rings. The van der Waals surface area contributed by atoms with Gasteiger partial charge in [-0.2, -0.15) is 13.2 Å². The van der Waals surface area contributed by atoms with E-state index in [1.165, 1.54) is 4.88 Å². The highest BCUT2D eigenvalue weighted by Crippen LogP contribution is 2.35. The number of rotatable bonds is 4. The van der Waals surface area contributed by atoms with Gasteiger partial charge in [0.25, 0.3) is 0 Å². The second-order valence-electron chi connectivity index (χ2n) is 7.14. The Kier molecular flexibility index (Phi) is 7.40. The summed E-state index contributed by atoms with van der Waals surface area (Å²) in [5.41, 5.74) is 3.06. The van der Waals surface area contributed by atoms with Crippen LogP contribution >= 0.6 is 11.3 Å². The molecule has 28 heavy (non-hydrogen) atoms. The minimum absolute atomic E-state index is 0.113. The largest absolute Gasteiger partial charge is 0.490 e. The number of carboxylic acid groups (broad SMARTS) is 1. The predicted octanol–water partition coefficient (Wildman–Crippen LogP) is 2.15. The van der Waals surface area contributed by atoms with E-state index in [9.17, 15) is 18.0 Å². The van der Waals surface area contributed by atoms with Gasteiger partial charge in [-0.1, -0.05) is 0 Å². The Morgan fingerprint density at radius 3 is 2.50 bits per heavy atom. The molecule has 3 atom stereocenters. The summed E-state index contributed by atoms with van der Waals surface area (Å²) in [6.07, 6.45) is -3.13. The van der Waals surface area contributed by atoms with Gasteiger partial charge in [0.15, 0.2) is 0 Å². The molecule has 2 aliphatic rings. The number of aryl methyl sites for hydroxylation is 1. The zero-order chi connectivity index (χ0) is 21.1. The van der Waals surface area contributed by atoms with E-state index in [1.54, 1.807) is 30.3 Å². The number of aliphatic carboxylic acids is 1. The van der Waals surface area contributed by atoms with Crippen molar-refractivity contribution in [1.82, 2.24) is 14.8 Å². The predicted molar refractivity (Wildman–Crippen MR) is 95.9 cm³/mol. The first-order valence-corrected chi connectivity index (χ1v) is 9.62. The molecule has 0 radical (unpaired) electrons. The molecule has 7 nitrogen and oxygen atoms in total. The smallest absolute Gasteiger partial charge is 0.475 e. The van der Waals surface area contributed by atoms with Crippen LogP contribution in [0.15, 0.2) is 5.51 Å². The summed E-state index contributed by atoms with van der Waals surface area (Å²) in [7, 11) is 3.61. The molecule has 2 saturated heterocycles. The van der Waals surface area contributed by atoms with Crippen LogP contribution in [0, 0.1) is 12.8 Å². The molecule has 1 amide bonds. The van der Waals surface area contributed by atoms with Crippen molar-refractivity contribution in [2.75, 3.05) is 27.2 Å². The van der Waals surface area contributed by atoms with Crippen LogP contribution < -0.4 is 0 Å². The minimum atomic E-state index is -5.08. The van der Waals surface area contributed by atoms with Gasteiger partial charge < -0.3 is 14.7 Å². The quantitative estimate of drug-likeness (QED) is 0.799. The standard InChI is InChI=1S/C15H23N3O2S.C2HF3O2/c1-10-14(21-9-16-10)8-18-6-11-4-12(20-13(11)7-18)5-15(19)17(2)3;3-2(4,5)1(6)7/h9,11-13H,4-8H2,1-3H3;(H,6,7)/t11-,12-,13+;/m0./s1. The van der Waals surface area contributed by atoms with Crippen molar-refractivity contribution >= 4 is 23.2 Å². The van der Waals surface area contributed by atoms with Crippen molar-refractivity contribution in [1.29, 1.82) is 0 Å². The number of carboxylic acids is 1. The summed E-state index contributed by atoms with van der Waals surface area (Å²) < 4.78 is 37.8. The Morgan fingerprint density at radius 2 is 2.04 bits per heavy atom. The highest BCUT2D eigenvalue weighted by atomic mass is 32.1. The van der Waals surface area contributed by atoms with Gasteiger partial charge in [-0.15, -0.1) is 11.3 Å². The monoisotopic (exact) mass is 423 g/mol. The van der Waals surface area contributed by atoms with Crippen LogP contribution in [0.25, 0.3) is 0 Å². The summed E-state index contributed by atoms with van der Waals surface area (Å²) in [4.78, 5) is 30.4. The number of ether oxygens (including phenoxy) is 1. The third kappa shape index (κ3) is 6.14. The molecule has 1 aromatic heterocycles. The number of thiazole rings is 1. The number of fused-ring (bicyclic) bond motifs is 1. The summed E-state index contributed by atoms with van der Waals surface area (Å²) in [6, 6.07) is 0. The van der Waals surface area contributed by atoms with Crippen LogP contribution in [0.5, 0.6) is 0 Å². The van der Waals surface area contributed by atoms with Crippen molar-refractivity contribution in [3.05, 3.63) is 16.1 Å². The average Bonchev–Trinajstić information content (AvgIpc) is 3.23. The van der Waals surface area contributed by atoms with Crippen molar-refractivity contribution in [2.24, 2.45) is 5.92 Å². The highest BCUT2D eigenvalue weighted by Gasteiger charge is 2.42. The second-order valence-corrected chi connectivity index (χ2v) is 8.08. The first-order chi connectivity index (χ1) is 13.0. The van der Waals surface area contributed by atoms with Gasteiger partial charge in [0.2, 0.25) is 5.91 Å². The number of nitrogens with zero attached hydrogens (tertiary/aromatic N) is 3. The zero-order valence-corrected chi connectivity index (χ0v) is 16.7. The lowest BCUT2D eigenvalue weighted by molar-refractivity contribution is -0.192. The molecule has 3 heterocycles. The Morgan fingerprint density at radius 1 is 1.39 bits per heavy atom. The SMILES string of the molecule is Cc1ncsc1CN1C[C@@H]2C[C@@H](CC(=O)N(C)C)O[C@@H]2C1.O=C(O)C(F)(F)F. The summed E-state index contributed by atoms with van der Waals surface area (Å²) >= 11 is 1.73. The first-order valence-electron chi connectivity index (χ1n) is 8.74. The number of carbonyl (C=O) groups excluding carboxylic acids is 1. The zero-order valence-electron chi connectivity index (χ0n) is 15.9. The van der Waals surface area contributed by atoms with Gasteiger partial charge in [0, 0.05) is 44.5 Å². The van der Waals surface area contributed by atoms with E-state index in [0.717, 1.165) is 31.7 Å². The van der Waals surface area contributed by atoms with E-state index in [0.29, 0.717) is 18.4 Å². The molecule has 0 saturated carbocycles. The minimum Gasteiger partial charge on any atom is -0.475 e. The lowest BCUT2D eigenvalue weighted by atomic mass is 10.0. The van der Waals surface area contributed by atoms with Gasteiger partial charge in [0.05, 0.1) is 29.8 Å². The molecule has 11 heteroatoms. The maximum absolute atomic E-state index is 11.8. The number of likely N-dealkylation sites (tertiary alicyclic amines) is 1. The molecular formula is C17H24F3N3O4S. The molecule has 0 bridgehead atoms. The van der Waals surface area contributed by atoms with Crippen LogP contribution in [0.2, 0.25) is 0 Å². The van der Waals surface area contributed by atoms with Crippen molar-refractivity contribution < 1.29 is 32.6 Å². The molecule has 2 aliphatic heterocycles. The highest BCUT2D eigenvalue weighted by molar-refractivity contribution is 7.09. The topological polar surface area (TPSA) is 83.0 Å². The Labute approximate surface area is 165 Å². The fourth-order valence-corrected chi connectivity index (χ4v) is 4.09. The van der Waals surface area contributed by atoms with E-state index in [4.69, 9.17) is 14.6 Å². The fraction of sp³-hybridized carbons (Fsp3) is 0.706.